The van der Waals surface area contributed by atoms with E-state index in [0.29, 0.717) is 38.0 Å². The zero-order chi connectivity index (χ0) is 26.5. The van der Waals surface area contributed by atoms with Crippen LogP contribution in [-0.2, 0) is 9.59 Å². The van der Waals surface area contributed by atoms with Gasteiger partial charge in [0, 0.05) is 10.7 Å². The van der Waals surface area contributed by atoms with Gasteiger partial charge < -0.3 is 14.8 Å². The third kappa shape index (κ3) is 6.33. The van der Waals surface area contributed by atoms with Crippen LogP contribution in [0.4, 0.5) is 11.4 Å². The van der Waals surface area contributed by atoms with Crippen LogP contribution in [0.15, 0.2) is 65.6 Å². The third-order valence-electron chi connectivity index (χ3n) is 5.68. The van der Waals surface area contributed by atoms with Crippen LogP contribution in [0.25, 0.3) is 6.08 Å². The van der Waals surface area contributed by atoms with E-state index in [-0.39, 0.29) is 18.4 Å². The van der Waals surface area contributed by atoms with Gasteiger partial charge in [0.15, 0.2) is 22.4 Å². The summed E-state index contributed by atoms with van der Waals surface area (Å²) in [5, 5.41) is 3.47. The molecular weight excluding hydrogens is 528 g/mol. The summed E-state index contributed by atoms with van der Waals surface area (Å²) in [6.07, 6.45) is 1.76. The molecule has 2 amide bonds. The molecule has 1 heterocycles. The maximum absolute atomic E-state index is 13.1. The Balaban J connectivity index is 1.48. The molecule has 4 rings (SSSR count). The van der Waals surface area contributed by atoms with Crippen molar-refractivity contribution in [3.05, 3.63) is 87.3 Å². The lowest BCUT2D eigenvalue weighted by molar-refractivity contribution is -0.118. The maximum Gasteiger partial charge on any atom is 0.270 e. The van der Waals surface area contributed by atoms with Crippen molar-refractivity contribution in [2.75, 3.05) is 23.4 Å². The lowest BCUT2D eigenvalue weighted by Crippen LogP contribution is -2.27. The summed E-state index contributed by atoms with van der Waals surface area (Å²) in [5.41, 5.74) is 4.26. The number of benzene rings is 3. The summed E-state index contributed by atoms with van der Waals surface area (Å²) < 4.78 is 12.0. The Morgan fingerprint density at radius 2 is 1.84 bits per heavy atom. The van der Waals surface area contributed by atoms with Gasteiger partial charge in [0.2, 0.25) is 0 Å². The summed E-state index contributed by atoms with van der Waals surface area (Å²) in [5.74, 6) is 0.428. The molecule has 0 spiro atoms. The minimum absolute atomic E-state index is 0.174. The first-order chi connectivity index (χ1) is 17.8. The highest BCUT2D eigenvalue weighted by Gasteiger charge is 2.33. The summed E-state index contributed by atoms with van der Waals surface area (Å²) in [4.78, 5) is 27.5. The van der Waals surface area contributed by atoms with Crippen LogP contribution in [0.2, 0.25) is 5.02 Å². The molecule has 0 saturated carbocycles. The summed E-state index contributed by atoms with van der Waals surface area (Å²) in [7, 11) is 0. The van der Waals surface area contributed by atoms with Crippen molar-refractivity contribution in [3.63, 3.8) is 0 Å². The predicted octanol–water partition coefficient (Wildman–Crippen LogP) is 6.78. The van der Waals surface area contributed by atoms with E-state index in [2.05, 4.69) is 5.32 Å². The molecule has 3 aromatic rings. The minimum atomic E-state index is -0.272. The van der Waals surface area contributed by atoms with E-state index in [9.17, 15) is 9.59 Å². The fourth-order valence-electron chi connectivity index (χ4n) is 3.65. The number of thioether (sulfide) groups is 1. The molecule has 1 N–H and O–H groups in total. The number of hydrogen-bond donors (Lipinski definition) is 1. The fourth-order valence-corrected chi connectivity index (χ4v) is 5.07. The van der Waals surface area contributed by atoms with Crippen LogP contribution in [0.5, 0.6) is 11.5 Å². The fraction of sp³-hybridized carbons (Fsp3) is 0.179. The van der Waals surface area contributed by atoms with Crippen molar-refractivity contribution in [3.8, 4) is 11.5 Å². The number of hydrogen-bond acceptors (Lipinski definition) is 6. The Labute approximate surface area is 230 Å². The number of carbonyl (C=O) groups is 2. The van der Waals surface area contributed by atoms with Gasteiger partial charge in [-0.15, -0.1) is 0 Å². The largest absolute Gasteiger partial charge is 0.490 e. The molecule has 0 bridgehead atoms. The van der Waals surface area contributed by atoms with Crippen molar-refractivity contribution in [2.45, 2.75) is 20.8 Å². The number of anilines is 2. The molecule has 0 radical (unpaired) electrons. The molecule has 6 nitrogen and oxygen atoms in total. The molecule has 0 atom stereocenters. The number of carbonyl (C=O) groups excluding carboxylic acids is 2. The van der Waals surface area contributed by atoms with Crippen LogP contribution in [-0.4, -0.2) is 29.3 Å². The van der Waals surface area contributed by atoms with Crippen LogP contribution in [0, 0.1) is 13.8 Å². The van der Waals surface area contributed by atoms with Crippen molar-refractivity contribution < 1.29 is 19.1 Å². The molecule has 0 unspecified atom stereocenters. The Kier molecular flexibility index (Phi) is 8.53. The minimum Gasteiger partial charge on any atom is -0.490 e. The Bertz CT molecular complexity index is 1390. The van der Waals surface area contributed by atoms with E-state index < -0.39 is 0 Å². The SMILES string of the molecule is CCOc1cc(/C=C2\SC(=S)N(c3ccc(Cl)cc3)C2=O)ccc1OCC(=O)Nc1cccc(C)c1C. The molecule has 3 aromatic carbocycles. The normalized spacial score (nSPS) is 14.3. The van der Waals surface area contributed by atoms with Crippen LogP contribution < -0.4 is 19.7 Å². The second-order valence-corrected chi connectivity index (χ2v) is 10.3. The lowest BCUT2D eigenvalue weighted by Gasteiger charge is -2.14. The monoisotopic (exact) mass is 552 g/mol. The van der Waals surface area contributed by atoms with Crippen molar-refractivity contribution in [1.82, 2.24) is 0 Å². The maximum atomic E-state index is 13.1. The number of nitrogens with zero attached hydrogens (tertiary/aromatic N) is 1. The Hall–Kier alpha value is -3.33. The number of amides is 2. The molecule has 1 fully saturated rings. The number of ether oxygens (including phenoxy) is 2. The number of aryl methyl sites for hydroxylation is 1. The number of halogens is 1. The molecule has 1 aliphatic heterocycles. The van der Waals surface area contributed by atoms with E-state index in [4.69, 9.17) is 33.3 Å². The van der Waals surface area contributed by atoms with Crippen molar-refractivity contribution >= 4 is 69.2 Å². The van der Waals surface area contributed by atoms with E-state index in [1.165, 1.54) is 16.7 Å². The highest BCUT2D eigenvalue weighted by Crippen LogP contribution is 2.37. The Morgan fingerprint density at radius 1 is 1.08 bits per heavy atom. The second-order valence-electron chi connectivity index (χ2n) is 8.22. The highest BCUT2D eigenvalue weighted by molar-refractivity contribution is 8.27. The van der Waals surface area contributed by atoms with Gasteiger partial charge in [-0.25, -0.2) is 0 Å². The molecule has 1 aliphatic rings. The van der Waals surface area contributed by atoms with Gasteiger partial charge in [0.1, 0.15) is 0 Å². The van der Waals surface area contributed by atoms with Gasteiger partial charge in [-0.1, -0.05) is 53.8 Å². The standard InChI is InChI=1S/C28H25ClN2O4S2/c1-4-34-24-14-19(15-25-27(33)31(28(36)37-25)21-11-9-20(29)10-12-21)8-13-23(24)35-16-26(32)30-22-7-5-6-17(2)18(22)3/h5-15H,4,16H2,1-3H3,(H,30,32)/b25-15-. The van der Waals surface area contributed by atoms with E-state index in [0.717, 1.165) is 22.4 Å². The lowest BCUT2D eigenvalue weighted by atomic mass is 10.1. The molecule has 37 heavy (non-hydrogen) atoms. The zero-order valence-electron chi connectivity index (χ0n) is 20.5. The van der Waals surface area contributed by atoms with Gasteiger partial charge in [-0.3, -0.25) is 14.5 Å². The predicted molar refractivity (Wildman–Crippen MR) is 155 cm³/mol. The summed E-state index contributed by atoms with van der Waals surface area (Å²) in [6.45, 7) is 6.05. The van der Waals surface area contributed by atoms with Crippen LogP contribution in [0.3, 0.4) is 0 Å². The first kappa shape index (κ1) is 26.7. The molecule has 0 aliphatic carbocycles. The highest BCUT2D eigenvalue weighted by atomic mass is 35.5. The molecular formula is C28H25ClN2O4S2. The quantitative estimate of drug-likeness (QED) is 0.245. The number of rotatable bonds is 8. The average molecular weight is 553 g/mol. The van der Waals surface area contributed by atoms with Gasteiger partial charge >= 0.3 is 0 Å². The second kappa shape index (κ2) is 11.8. The molecule has 9 heteroatoms. The topological polar surface area (TPSA) is 67.9 Å². The van der Waals surface area contributed by atoms with Gasteiger partial charge in [-0.05, 0) is 86.0 Å². The number of thiocarbonyl (C=S) groups is 1. The third-order valence-corrected chi connectivity index (χ3v) is 7.24. The Morgan fingerprint density at radius 3 is 2.57 bits per heavy atom. The van der Waals surface area contributed by atoms with Crippen molar-refractivity contribution in [1.29, 1.82) is 0 Å². The van der Waals surface area contributed by atoms with E-state index >= 15 is 0 Å². The molecule has 0 aromatic heterocycles. The summed E-state index contributed by atoms with van der Waals surface area (Å²) >= 11 is 12.6. The van der Waals surface area contributed by atoms with Gasteiger partial charge in [0.25, 0.3) is 11.8 Å². The van der Waals surface area contributed by atoms with Gasteiger partial charge in [0.05, 0.1) is 17.2 Å². The molecule has 1 saturated heterocycles. The zero-order valence-corrected chi connectivity index (χ0v) is 22.9. The summed E-state index contributed by atoms with van der Waals surface area (Å²) in [6, 6.07) is 18.0. The number of nitrogens with one attached hydrogen (secondary N) is 1. The van der Waals surface area contributed by atoms with E-state index in [1.54, 1.807) is 48.5 Å². The molecule has 190 valence electrons. The first-order valence-electron chi connectivity index (χ1n) is 11.6. The van der Waals surface area contributed by atoms with Gasteiger partial charge in [-0.2, -0.15) is 0 Å². The van der Waals surface area contributed by atoms with Crippen molar-refractivity contribution in [2.24, 2.45) is 0 Å². The smallest absolute Gasteiger partial charge is 0.270 e. The average Bonchev–Trinajstić information content (AvgIpc) is 3.14. The van der Waals surface area contributed by atoms with E-state index in [1.807, 2.05) is 39.0 Å². The van der Waals surface area contributed by atoms with Crippen LogP contribution >= 0.6 is 35.6 Å². The first-order valence-corrected chi connectivity index (χ1v) is 13.2. The van der Waals surface area contributed by atoms with Crippen LogP contribution in [0.1, 0.15) is 23.6 Å².